The van der Waals surface area contributed by atoms with Crippen LogP contribution in [0.25, 0.3) is 0 Å². The van der Waals surface area contributed by atoms with Crippen molar-refractivity contribution in [1.29, 1.82) is 0 Å². The number of hydrogen-bond donors (Lipinski definition) is 1. The first kappa shape index (κ1) is 20.2. The second-order valence-corrected chi connectivity index (χ2v) is 9.95. The van der Waals surface area contributed by atoms with E-state index < -0.39 is 10.0 Å². The Morgan fingerprint density at radius 1 is 0.935 bits per heavy atom. The summed E-state index contributed by atoms with van der Waals surface area (Å²) in [5.74, 6) is 0.349. The molecule has 0 aromatic heterocycles. The van der Waals surface area contributed by atoms with Gasteiger partial charge in [-0.1, -0.05) is 25.0 Å². The maximum absolute atomic E-state index is 12.9. The van der Waals surface area contributed by atoms with Gasteiger partial charge >= 0.3 is 0 Å². The Kier molecular flexibility index (Phi) is 5.27. The van der Waals surface area contributed by atoms with E-state index in [2.05, 4.69) is 14.6 Å². The number of hydrogen-bond acceptors (Lipinski definition) is 5. The highest BCUT2D eigenvalue weighted by Crippen LogP contribution is 2.27. The lowest BCUT2D eigenvalue weighted by Gasteiger charge is -2.38. The lowest BCUT2D eigenvalue weighted by Crippen LogP contribution is -2.51. The largest absolute Gasteiger partial charge is 0.339 e. The molecule has 8 heteroatoms. The minimum absolute atomic E-state index is 0.0451. The zero-order valence-corrected chi connectivity index (χ0v) is 18.1. The van der Waals surface area contributed by atoms with E-state index in [-0.39, 0.29) is 10.8 Å². The topological polar surface area (TPSA) is 82.1 Å². The molecule has 1 N–H and O–H groups in total. The number of sulfonamides is 1. The second kappa shape index (κ2) is 8.09. The van der Waals surface area contributed by atoms with Crippen molar-refractivity contribution in [1.82, 2.24) is 9.80 Å². The van der Waals surface area contributed by atoms with E-state index in [9.17, 15) is 13.2 Å². The summed E-state index contributed by atoms with van der Waals surface area (Å²) in [4.78, 5) is 17.6. The number of rotatable bonds is 3. The summed E-state index contributed by atoms with van der Waals surface area (Å²) in [5, 5.41) is 3.07. The van der Waals surface area contributed by atoms with Gasteiger partial charge in [-0.05, 0) is 49.2 Å². The SMILES string of the molecule is O=C(c1ccc(NC2=NS(=O)(=O)c3ccccc32)cc1)N1CCN(C2CCCC2)CC1. The van der Waals surface area contributed by atoms with Crippen molar-refractivity contribution in [2.45, 2.75) is 36.6 Å². The number of nitrogens with zero attached hydrogens (tertiary/aromatic N) is 3. The standard InChI is InChI=1S/C23H26N4O3S/c28-23(27-15-13-26(14-16-27)19-5-1-2-6-19)17-9-11-18(12-10-17)24-22-20-7-3-4-8-21(20)31(29,30)25-22/h3-4,7-12,19H,1-2,5-6,13-16H2,(H,24,25). The summed E-state index contributed by atoms with van der Waals surface area (Å²) in [6, 6.07) is 14.6. The number of fused-ring (bicyclic) bond motifs is 1. The van der Waals surface area contributed by atoms with Gasteiger partial charge < -0.3 is 10.2 Å². The van der Waals surface area contributed by atoms with Crippen molar-refractivity contribution in [3.63, 3.8) is 0 Å². The molecule has 1 saturated carbocycles. The van der Waals surface area contributed by atoms with Crippen LogP contribution in [0.3, 0.4) is 0 Å². The van der Waals surface area contributed by atoms with Crippen LogP contribution in [0.2, 0.25) is 0 Å². The molecule has 7 nitrogen and oxygen atoms in total. The highest BCUT2D eigenvalue weighted by atomic mass is 32.2. The monoisotopic (exact) mass is 438 g/mol. The number of amides is 1. The lowest BCUT2D eigenvalue weighted by molar-refractivity contribution is 0.0573. The first-order valence-electron chi connectivity index (χ1n) is 10.9. The summed E-state index contributed by atoms with van der Waals surface area (Å²) in [7, 11) is -3.66. The Morgan fingerprint density at radius 2 is 1.61 bits per heavy atom. The Balaban J connectivity index is 1.23. The van der Waals surface area contributed by atoms with Gasteiger partial charge in [-0.3, -0.25) is 9.69 Å². The molecule has 2 aromatic rings. The van der Waals surface area contributed by atoms with Crippen molar-refractivity contribution >= 4 is 27.5 Å². The lowest BCUT2D eigenvalue weighted by atomic mass is 10.1. The van der Waals surface area contributed by atoms with E-state index in [1.54, 1.807) is 48.5 Å². The highest BCUT2D eigenvalue weighted by molar-refractivity contribution is 7.90. The second-order valence-electron chi connectivity index (χ2n) is 8.38. The number of piperazine rings is 1. The van der Waals surface area contributed by atoms with E-state index in [4.69, 9.17) is 0 Å². The minimum Gasteiger partial charge on any atom is -0.339 e. The normalized spacial score (nSPS) is 21.0. The third-order valence-corrected chi connectivity index (χ3v) is 7.80. The number of anilines is 1. The molecular weight excluding hydrogens is 412 g/mol. The zero-order valence-electron chi connectivity index (χ0n) is 17.3. The van der Waals surface area contributed by atoms with Gasteiger partial charge in [0.2, 0.25) is 0 Å². The molecule has 0 unspecified atom stereocenters. The maximum Gasteiger partial charge on any atom is 0.285 e. The highest BCUT2D eigenvalue weighted by Gasteiger charge is 2.29. The van der Waals surface area contributed by atoms with Crippen molar-refractivity contribution in [2.75, 3.05) is 31.5 Å². The van der Waals surface area contributed by atoms with Gasteiger partial charge in [-0.15, -0.1) is 4.40 Å². The molecule has 5 rings (SSSR count). The molecule has 1 aliphatic carbocycles. The average Bonchev–Trinajstić information content (AvgIpc) is 3.41. The van der Waals surface area contributed by atoms with Crippen LogP contribution in [-0.2, 0) is 10.0 Å². The Morgan fingerprint density at radius 3 is 2.32 bits per heavy atom. The van der Waals surface area contributed by atoms with E-state index in [0.29, 0.717) is 28.7 Å². The Bertz CT molecular complexity index is 1110. The van der Waals surface area contributed by atoms with Gasteiger partial charge in [0.15, 0.2) is 5.84 Å². The predicted molar refractivity (Wildman–Crippen MR) is 120 cm³/mol. The summed E-state index contributed by atoms with van der Waals surface area (Å²) < 4.78 is 28.2. The maximum atomic E-state index is 12.9. The van der Waals surface area contributed by atoms with Crippen molar-refractivity contribution in [3.05, 3.63) is 59.7 Å². The van der Waals surface area contributed by atoms with Gasteiger partial charge in [0.25, 0.3) is 15.9 Å². The van der Waals surface area contributed by atoms with Gasteiger partial charge in [-0.25, -0.2) is 0 Å². The third-order valence-electron chi connectivity index (χ3n) is 6.47. The zero-order chi connectivity index (χ0) is 21.4. The van der Waals surface area contributed by atoms with Crippen LogP contribution < -0.4 is 5.32 Å². The van der Waals surface area contributed by atoms with Gasteiger partial charge in [-0.2, -0.15) is 8.42 Å². The van der Waals surface area contributed by atoms with Gasteiger partial charge in [0, 0.05) is 49.0 Å². The van der Waals surface area contributed by atoms with Crippen molar-refractivity contribution in [3.8, 4) is 0 Å². The van der Waals surface area contributed by atoms with Crippen LogP contribution in [0.4, 0.5) is 5.69 Å². The average molecular weight is 439 g/mol. The molecule has 0 atom stereocenters. The Hall–Kier alpha value is -2.71. The number of carbonyl (C=O) groups excluding carboxylic acids is 1. The summed E-state index contributed by atoms with van der Waals surface area (Å²) in [6.07, 6.45) is 5.24. The van der Waals surface area contributed by atoms with Crippen LogP contribution in [0.1, 0.15) is 41.6 Å². The Labute approximate surface area is 182 Å². The van der Waals surface area contributed by atoms with Crippen LogP contribution in [0.5, 0.6) is 0 Å². The first-order chi connectivity index (χ1) is 15.0. The summed E-state index contributed by atoms with van der Waals surface area (Å²) in [6.45, 7) is 3.43. The molecule has 162 valence electrons. The molecular formula is C23H26N4O3S. The number of benzene rings is 2. The molecule has 3 aliphatic rings. The molecule has 31 heavy (non-hydrogen) atoms. The molecule has 2 heterocycles. The quantitative estimate of drug-likeness (QED) is 0.797. The molecule has 1 saturated heterocycles. The molecule has 2 fully saturated rings. The number of carbonyl (C=O) groups is 1. The molecule has 0 bridgehead atoms. The van der Waals surface area contributed by atoms with E-state index >= 15 is 0 Å². The first-order valence-corrected chi connectivity index (χ1v) is 12.3. The smallest absolute Gasteiger partial charge is 0.285 e. The van der Waals surface area contributed by atoms with Crippen molar-refractivity contribution in [2.24, 2.45) is 4.40 Å². The summed E-state index contributed by atoms with van der Waals surface area (Å²) in [5.41, 5.74) is 1.89. The number of amidine groups is 1. The molecule has 0 radical (unpaired) electrons. The molecule has 2 aliphatic heterocycles. The fourth-order valence-corrected chi connectivity index (χ4v) is 5.95. The van der Waals surface area contributed by atoms with Gasteiger partial charge in [0.05, 0.1) is 0 Å². The minimum atomic E-state index is -3.66. The molecule has 1 amide bonds. The predicted octanol–water partition coefficient (Wildman–Crippen LogP) is 2.95. The van der Waals surface area contributed by atoms with Crippen LogP contribution in [-0.4, -0.2) is 62.2 Å². The fraction of sp³-hybridized carbons (Fsp3) is 0.391. The molecule has 2 aromatic carbocycles. The van der Waals surface area contributed by atoms with E-state index in [1.165, 1.54) is 25.7 Å². The van der Waals surface area contributed by atoms with Crippen LogP contribution in [0, 0.1) is 0 Å². The van der Waals surface area contributed by atoms with Crippen LogP contribution >= 0.6 is 0 Å². The summed E-state index contributed by atoms with van der Waals surface area (Å²) >= 11 is 0. The molecule has 0 spiro atoms. The third kappa shape index (κ3) is 3.97. The van der Waals surface area contributed by atoms with Gasteiger partial charge in [0.1, 0.15) is 4.90 Å². The van der Waals surface area contributed by atoms with Crippen molar-refractivity contribution < 1.29 is 13.2 Å². The van der Waals surface area contributed by atoms with E-state index in [1.807, 2.05) is 4.90 Å². The fourth-order valence-electron chi connectivity index (χ4n) is 4.77. The number of nitrogens with one attached hydrogen (secondary N) is 1. The van der Waals surface area contributed by atoms with E-state index in [0.717, 1.165) is 26.2 Å². The van der Waals surface area contributed by atoms with Crippen LogP contribution in [0.15, 0.2) is 57.8 Å².